The van der Waals surface area contributed by atoms with Crippen LogP contribution in [0, 0.1) is 0 Å². The summed E-state index contributed by atoms with van der Waals surface area (Å²) in [5.41, 5.74) is 1.09. The van der Waals surface area contributed by atoms with E-state index >= 15 is 0 Å². The molecular weight excluding hydrogens is 224 g/mol. The monoisotopic (exact) mass is 248 g/mol. The average molecular weight is 248 g/mol. The summed E-state index contributed by atoms with van der Waals surface area (Å²) in [7, 11) is 0. The molecule has 100 valence electrons. The van der Waals surface area contributed by atoms with Gasteiger partial charge in [-0.2, -0.15) is 10.1 Å². The maximum atomic E-state index is 4.74. The second-order valence-electron chi connectivity index (χ2n) is 7.03. The second-order valence-corrected chi connectivity index (χ2v) is 7.03. The number of allylic oxidation sites excluding steroid dienone is 1. The second kappa shape index (κ2) is 3.84. The Morgan fingerprint density at radius 3 is 2.22 bits per heavy atom. The first-order valence-electron chi connectivity index (χ1n) is 6.54. The molecule has 2 rings (SSSR count). The van der Waals surface area contributed by atoms with Crippen molar-refractivity contribution in [3.63, 3.8) is 0 Å². The molecule has 0 aromatic carbocycles. The third kappa shape index (κ3) is 2.16. The van der Waals surface area contributed by atoms with Crippen LogP contribution in [0.2, 0.25) is 0 Å². The molecule has 0 unspecified atom stereocenters. The van der Waals surface area contributed by atoms with Crippen LogP contribution in [0.4, 0.5) is 5.95 Å². The largest absolute Gasteiger partial charge is 0.310 e. The minimum absolute atomic E-state index is 0.0164. The topological polar surface area (TPSA) is 34.0 Å². The van der Waals surface area contributed by atoms with Crippen LogP contribution in [-0.4, -0.2) is 20.3 Å². The summed E-state index contributed by atoms with van der Waals surface area (Å²) in [4.78, 5) is 6.94. The summed E-state index contributed by atoms with van der Waals surface area (Å²) >= 11 is 0. The van der Waals surface area contributed by atoms with Crippen LogP contribution >= 0.6 is 0 Å². The van der Waals surface area contributed by atoms with E-state index in [4.69, 9.17) is 4.98 Å². The number of aromatic nitrogens is 3. The highest BCUT2D eigenvalue weighted by molar-refractivity contribution is 5.45. The lowest BCUT2D eigenvalue weighted by atomic mass is 9.96. The first-order valence-corrected chi connectivity index (χ1v) is 6.54. The van der Waals surface area contributed by atoms with Crippen LogP contribution in [0.3, 0.4) is 0 Å². The number of aryl methyl sites for hydroxylation is 1. The maximum absolute atomic E-state index is 4.74. The van der Waals surface area contributed by atoms with Gasteiger partial charge in [-0.25, -0.2) is 4.68 Å². The van der Waals surface area contributed by atoms with Gasteiger partial charge in [0.05, 0.1) is 6.54 Å². The van der Waals surface area contributed by atoms with E-state index in [1.165, 1.54) is 0 Å². The van der Waals surface area contributed by atoms with Gasteiger partial charge < -0.3 is 4.90 Å². The molecule has 0 saturated carbocycles. The van der Waals surface area contributed by atoms with Gasteiger partial charge >= 0.3 is 0 Å². The molecule has 0 radical (unpaired) electrons. The molecule has 18 heavy (non-hydrogen) atoms. The van der Waals surface area contributed by atoms with Gasteiger partial charge in [0.2, 0.25) is 5.95 Å². The minimum Gasteiger partial charge on any atom is -0.310 e. The number of anilines is 1. The van der Waals surface area contributed by atoms with E-state index in [2.05, 4.69) is 58.1 Å². The number of hydrogen-bond donors (Lipinski definition) is 0. The normalized spacial score (nSPS) is 17.0. The fraction of sp³-hybridized carbons (Fsp3) is 0.714. The molecule has 0 saturated heterocycles. The lowest BCUT2D eigenvalue weighted by Crippen LogP contribution is -2.44. The van der Waals surface area contributed by atoms with Gasteiger partial charge in [-0.15, -0.1) is 0 Å². The van der Waals surface area contributed by atoms with Crippen LogP contribution in [0.15, 0.2) is 12.3 Å². The third-order valence-corrected chi connectivity index (χ3v) is 3.12. The maximum Gasteiger partial charge on any atom is 0.228 e. The Morgan fingerprint density at radius 2 is 1.72 bits per heavy atom. The van der Waals surface area contributed by atoms with Crippen LogP contribution in [0.1, 0.15) is 53.8 Å². The van der Waals surface area contributed by atoms with Crippen molar-refractivity contribution in [1.82, 2.24) is 14.8 Å². The van der Waals surface area contributed by atoms with Gasteiger partial charge in [-0.05, 0) is 20.8 Å². The number of fused-ring (bicyclic) bond motifs is 1. The quantitative estimate of drug-likeness (QED) is 0.707. The molecule has 4 nitrogen and oxygen atoms in total. The highest BCUT2D eigenvalue weighted by atomic mass is 15.5. The first kappa shape index (κ1) is 13.1. The molecule has 0 bridgehead atoms. The van der Waals surface area contributed by atoms with Crippen LogP contribution in [-0.2, 0) is 12.0 Å². The smallest absolute Gasteiger partial charge is 0.228 e. The molecule has 0 atom stereocenters. The van der Waals surface area contributed by atoms with Crippen LogP contribution in [0.25, 0.3) is 0 Å². The Bertz CT molecular complexity index is 471. The molecule has 1 aromatic heterocycles. The molecule has 0 spiro atoms. The van der Waals surface area contributed by atoms with Crippen molar-refractivity contribution in [1.29, 1.82) is 0 Å². The van der Waals surface area contributed by atoms with Gasteiger partial charge in [0.25, 0.3) is 0 Å². The van der Waals surface area contributed by atoms with Crippen molar-refractivity contribution in [2.24, 2.45) is 0 Å². The molecule has 1 aromatic rings. The standard InChI is InChI=1S/C14H24N4/c1-10-8-9-17-12(18(10)14(5,6)7)15-11(16-17)13(2,3)4/h1,8-9H2,2-7H3. The van der Waals surface area contributed by atoms with E-state index in [1.807, 2.05) is 4.68 Å². The number of rotatable bonds is 0. The van der Waals surface area contributed by atoms with Crippen molar-refractivity contribution in [3.8, 4) is 0 Å². The molecule has 4 heteroatoms. The van der Waals surface area contributed by atoms with Crippen molar-refractivity contribution in [2.45, 2.75) is 65.5 Å². The molecular formula is C14H24N4. The summed E-state index contributed by atoms with van der Waals surface area (Å²) in [6, 6.07) is 0. The SMILES string of the molecule is C=C1CCn2nc(C(C)(C)C)nc2N1C(C)(C)C. The summed E-state index contributed by atoms with van der Waals surface area (Å²) < 4.78 is 2.01. The predicted molar refractivity (Wildman–Crippen MR) is 74.7 cm³/mol. The van der Waals surface area contributed by atoms with Crippen molar-refractivity contribution < 1.29 is 0 Å². The third-order valence-electron chi connectivity index (χ3n) is 3.12. The predicted octanol–water partition coefficient (Wildman–Crippen LogP) is 3.10. The summed E-state index contributed by atoms with van der Waals surface area (Å²) in [6.07, 6.45) is 0.942. The average Bonchev–Trinajstić information content (AvgIpc) is 2.57. The Kier molecular flexibility index (Phi) is 2.80. The number of hydrogen-bond acceptors (Lipinski definition) is 3. The van der Waals surface area contributed by atoms with Crippen LogP contribution < -0.4 is 4.90 Å². The number of nitrogens with zero attached hydrogens (tertiary/aromatic N) is 4. The zero-order chi connectivity index (χ0) is 13.7. The first-order chi connectivity index (χ1) is 8.10. The Labute approximate surface area is 110 Å². The van der Waals surface area contributed by atoms with E-state index in [-0.39, 0.29) is 11.0 Å². The van der Waals surface area contributed by atoms with Crippen molar-refractivity contribution >= 4 is 5.95 Å². The van der Waals surface area contributed by atoms with Gasteiger partial charge in [-0.3, -0.25) is 0 Å². The lowest BCUT2D eigenvalue weighted by Gasteiger charge is -2.40. The Balaban J connectivity index is 2.51. The van der Waals surface area contributed by atoms with Crippen molar-refractivity contribution in [3.05, 3.63) is 18.1 Å². The molecule has 2 heterocycles. The van der Waals surface area contributed by atoms with Crippen molar-refractivity contribution in [2.75, 3.05) is 4.90 Å². The van der Waals surface area contributed by atoms with Gasteiger partial charge in [-0.1, -0.05) is 27.4 Å². The highest BCUT2D eigenvalue weighted by Crippen LogP contribution is 2.33. The molecule has 0 aliphatic carbocycles. The highest BCUT2D eigenvalue weighted by Gasteiger charge is 2.33. The van der Waals surface area contributed by atoms with Gasteiger partial charge in [0.15, 0.2) is 5.82 Å². The molecule has 0 amide bonds. The zero-order valence-electron chi connectivity index (χ0n) is 12.4. The minimum atomic E-state index is -0.0186. The van der Waals surface area contributed by atoms with Crippen LogP contribution in [0.5, 0.6) is 0 Å². The molecule has 0 fully saturated rings. The summed E-state index contributed by atoms with van der Waals surface area (Å²) in [5.74, 6) is 1.84. The van der Waals surface area contributed by atoms with E-state index in [0.29, 0.717) is 0 Å². The van der Waals surface area contributed by atoms with E-state index in [9.17, 15) is 0 Å². The van der Waals surface area contributed by atoms with Gasteiger partial charge in [0.1, 0.15) is 0 Å². The molecule has 1 aliphatic heterocycles. The zero-order valence-corrected chi connectivity index (χ0v) is 12.4. The molecule has 1 aliphatic rings. The van der Waals surface area contributed by atoms with E-state index in [0.717, 1.165) is 30.4 Å². The van der Waals surface area contributed by atoms with E-state index < -0.39 is 0 Å². The Hall–Kier alpha value is -1.32. The molecule has 0 N–H and O–H groups in total. The van der Waals surface area contributed by atoms with E-state index in [1.54, 1.807) is 0 Å². The summed E-state index contributed by atoms with van der Waals surface area (Å²) in [5, 5.41) is 4.64. The summed E-state index contributed by atoms with van der Waals surface area (Å²) in [6.45, 7) is 18.0. The fourth-order valence-electron chi connectivity index (χ4n) is 2.23. The van der Waals surface area contributed by atoms with Gasteiger partial charge in [0, 0.05) is 23.1 Å². The Morgan fingerprint density at radius 1 is 1.11 bits per heavy atom. The lowest BCUT2D eigenvalue weighted by molar-refractivity contribution is 0.459. The fourth-order valence-corrected chi connectivity index (χ4v) is 2.23.